The summed E-state index contributed by atoms with van der Waals surface area (Å²) >= 11 is 5.91. The number of amides is 1. The number of nitrogens with one attached hydrogen (secondary N) is 1. The van der Waals surface area contributed by atoms with E-state index >= 15 is 0 Å². The number of aromatic nitrogens is 2. The van der Waals surface area contributed by atoms with Crippen LogP contribution in [0.15, 0.2) is 30.6 Å². The second-order valence-electron chi connectivity index (χ2n) is 4.86. The van der Waals surface area contributed by atoms with Crippen molar-refractivity contribution in [2.45, 2.75) is 20.8 Å². The number of halogens is 1. The van der Waals surface area contributed by atoms with E-state index in [9.17, 15) is 4.79 Å². The molecule has 0 atom stereocenters. The fourth-order valence-electron chi connectivity index (χ4n) is 2.07. The Kier molecular flexibility index (Phi) is 5.33. The quantitative estimate of drug-likeness (QED) is 0.916. The molecule has 1 N–H and O–H groups in total. The third kappa shape index (κ3) is 3.74. The van der Waals surface area contributed by atoms with E-state index in [0.717, 1.165) is 24.3 Å². The molecule has 116 valence electrons. The highest BCUT2D eigenvalue weighted by atomic mass is 35.5. The summed E-state index contributed by atoms with van der Waals surface area (Å²) in [5.74, 6) is 0.390. The Bertz CT molecular complexity index is 654. The Morgan fingerprint density at radius 1 is 1.23 bits per heavy atom. The van der Waals surface area contributed by atoms with Crippen LogP contribution in [0, 0.1) is 6.92 Å². The zero-order chi connectivity index (χ0) is 16.1. The summed E-state index contributed by atoms with van der Waals surface area (Å²) in [7, 11) is 0. The predicted octanol–water partition coefficient (Wildman–Crippen LogP) is 3.54. The Balaban J connectivity index is 2.13. The van der Waals surface area contributed by atoms with Crippen LogP contribution in [0.3, 0.4) is 0 Å². The lowest BCUT2D eigenvalue weighted by Gasteiger charge is -2.18. The maximum absolute atomic E-state index is 12.2. The summed E-state index contributed by atoms with van der Waals surface area (Å²) in [5, 5.41) is 3.48. The molecule has 22 heavy (non-hydrogen) atoms. The van der Waals surface area contributed by atoms with Gasteiger partial charge >= 0.3 is 0 Å². The number of nitrogens with zero attached hydrogens (tertiary/aromatic N) is 3. The van der Waals surface area contributed by atoms with Gasteiger partial charge in [0, 0.05) is 36.2 Å². The number of carbonyl (C=O) groups excluding carboxylic acids is 1. The van der Waals surface area contributed by atoms with Gasteiger partial charge in [-0.25, -0.2) is 9.97 Å². The van der Waals surface area contributed by atoms with Gasteiger partial charge in [-0.15, -0.1) is 0 Å². The van der Waals surface area contributed by atoms with E-state index in [4.69, 9.17) is 11.6 Å². The van der Waals surface area contributed by atoms with Crippen molar-refractivity contribution in [2.75, 3.05) is 23.3 Å². The van der Waals surface area contributed by atoms with Gasteiger partial charge in [0.1, 0.15) is 0 Å². The van der Waals surface area contributed by atoms with Crippen molar-refractivity contribution in [1.82, 2.24) is 9.97 Å². The van der Waals surface area contributed by atoms with Gasteiger partial charge in [-0.1, -0.05) is 11.6 Å². The molecule has 2 rings (SSSR count). The van der Waals surface area contributed by atoms with Gasteiger partial charge < -0.3 is 10.2 Å². The Labute approximate surface area is 135 Å². The van der Waals surface area contributed by atoms with Gasteiger partial charge in [0.2, 0.25) is 5.95 Å². The molecule has 0 bridgehead atoms. The first-order valence-corrected chi connectivity index (χ1v) is 7.57. The Morgan fingerprint density at radius 3 is 2.41 bits per heavy atom. The molecule has 2 aromatic rings. The van der Waals surface area contributed by atoms with Crippen LogP contribution in [-0.4, -0.2) is 29.0 Å². The number of rotatable bonds is 5. The van der Waals surface area contributed by atoms with E-state index in [1.54, 1.807) is 30.6 Å². The summed E-state index contributed by atoms with van der Waals surface area (Å²) in [6.07, 6.45) is 3.09. The first kappa shape index (κ1) is 16.2. The molecular weight excluding hydrogens is 300 g/mol. The molecular formula is C16H19ClN4O. The third-order valence-corrected chi connectivity index (χ3v) is 3.62. The highest BCUT2D eigenvalue weighted by Crippen LogP contribution is 2.20. The summed E-state index contributed by atoms with van der Waals surface area (Å²) in [6, 6.07) is 5.32. The maximum Gasteiger partial charge on any atom is 0.258 e. The van der Waals surface area contributed by atoms with E-state index in [0.29, 0.717) is 16.5 Å². The van der Waals surface area contributed by atoms with Crippen molar-refractivity contribution >= 4 is 29.1 Å². The van der Waals surface area contributed by atoms with Crippen molar-refractivity contribution in [3.05, 3.63) is 46.7 Å². The van der Waals surface area contributed by atoms with E-state index < -0.39 is 0 Å². The monoisotopic (exact) mass is 318 g/mol. The number of aryl methyl sites for hydroxylation is 1. The lowest BCUT2D eigenvalue weighted by Crippen LogP contribution is -2.24. The summed E-state index contributed by atoms with van der Waals surface area (Å²) in [4.78, 5) is 22.8. The summed E-state index contributed by atoms with van der Waals surface area (Å²) < 4.78 is 0. The largest absolute Gasteiger partial charge is 0.341 e. The van der Waals surface area contributed by atoms with Crippen LogP contribution >= 0.6 is 11.6 Å². The smallest absolute Gasteiger partial charge is 0.258 e. The fraction of sp³-hybridized carbons (Fsp3) is 0.312. The van der Waals surface area contributed by atoms with Crippen LogP contribution in [0.25, 0.3) is 0 Å². The minimum atomic E-state index is -0.239. The topological polar surface area (TPSA) is 58.1 Å². The van der Waals surface area contributed by atoms with E-state index in [2.05, 4.69) is 15.3 Å². The molecule has 0 radical (unpaired) electrons. The van der Waals surface area contributed by atoms with Crippen molar-refractivity contribution in [1.29, 1.82) is 0 Å². The number of hydrogen-bond donors (Lipinski definition) is 1. The van der Waals surface area contributed by atoms with E-state index in [-0.39, 0.29) is 5.91 Å². The zero-order valence-corrected chi connectivity index (χ0v) is 13.7. The second-order valence-corrected chi connectivity index (χ2v) is 5.29. The zero-order valence-electron chi connectivity index (χ0n) is 12.9. The highest BCUT2D eigenvalue weighted by molar-refractivity contribution is 6.30. The average molecular weight is 319 g/mol. The van der Waals surface area contributed by atoms with Crippen molar-refractivity contribution < 1.29 is 4.79 Å². The van der Waals surface area contributed by atoms with Gasteiger partial charge in [-0.05, 0) is 44.5 Å². The molecule has 0 fully saturated rings. The number of hydrogen-bond acceptors (Lipinski definition) is 4. The SMILES string of the molecule is CCN(CC)c1ncc(C(=O)Nc2ccc(Cl)cc2C)cn1. The molecule has 1 aromatic heterocycles. The third-order valence-electron chi connectivity index (χ3n) is 3.38. The lowest BCUT2D eigenvalue weighted by molar-refractivity contribution is 0.102. The minimum absolute atomic E-state index is 0.239. The number of anilines is 2. The normalized spacial score (nSPS) is 10.4. The molecule has 1 aromatic carbocycles. The summed E-state index contributed by atoms with van der Waals surface area (Å²) in [5.41, 5.74) is 2.05. The molecule has 5 nitrogen and oxygen atoms in total. The molecule has 0 aliphatic rings. The maximum atomic E-state index is 12.2. The molecule has 0 aliphatic heterocycles. The Morgan fingerprint density at radius 2 is 1.86 bits per heavy atom. The number of benzene rings is 1. The molecule has 1 amide bonds. The first-order chi connectivity index (χ1) is 10.5. The fourth-order valence-corrected chi connectivity index (χ4v) is 2.30. The second kappa shape index (κ2) is 7.22. The average Bonchev–Trinajstić information content (AvgIpc) is 2.52. The molecule has 1 heterocycles. The van der Waals surface area contributed by atoms with Gasteiger partial charge in [-0.3, -0.25) is 4.79 Å². The minimum Gasteiger partial charge on any atom is -0.341 e. The molecule has 0 unspecified atom stereocenters. The van der Waals surface area contributed by atoms with Crippen LogP contribution < -0.4 is 10.2 Å². The lowest BCUT2D eigenvalue weighted by atomic mass is 10.2. The van der Waals surface area contributed by atoms with Crippen LogP contribution in [0.4, 0.5) is 11.6 Å². The van der Waals surface area contributed by atoms with Crippen molar-refractivity contribution in [3.8, 4) is 0 Å². The van der Waals surface area contributed by atoms with Crippen LogP contribution in [0.5, 0.6) is 0 Å². The van der Waals surface area contributed by atoms with E-state index in [1.165, 1.54) is 0 Å². The molecule has 0 spiro atoms. The van der Waals surface area contributed by atoms with Gasteiger partial charge in [-0.2, -0.15) is 0 Å². The highest BCUT2D eigenvalue weighted by Gasteiger charge is 2.11. The predicted molar refractivity (Wildman–Crippen MR) is 89.7 cm³/mol. The summed E-state index contributed by atoms with van der Waals surface area (Å²) in [6.45, 7) is 7.62. The van der Waals surface area contributed by atoms with Crippen LogP contribution in [0.2, 0.25) is 5.02 Å². The standard InChI is InChI=1S/C16H19ClN4O/c1-4-21(5-2)16-18-9-12(10-19-16)15(22)20-14-7-6-13(17)8-11(14)3/h6-10H,4-5H2,1-3H3,(H,20,22). The molecule has 6 heteroatoms. The van der Waals surface area contributed by atoms with Gasteiger partial charge in [0.15, 0.2) is 0 Å². The van der Waals surface area contributed by atoms with Crippen molar-refractivity contribution in [2.24, 2.45) is 0 Å². The number of carbonyl (C=O) groups is 1. The first-order valence-electron chi connectivity index (χ1n) is 7.19. The van der Waals surface area contributed by atoms with Gasteiger partial charge in [0.25, 0.3) is 5.91 Å². The molecule has 0 saturated carbocycles. The molecule has 0 aliphatic carbocycles. The van der Waals surface area contributed by atoms with Crippen LogP contribution in [0.1, 0.15) is 29.8 Å². The van der Waals surface area contributed by atoms with Gasteiger partial charge in [0.05, 0.1) is 5.56 Å². The Hall–Kier alpha value is -2.14. The van der Waals surface area contributed by atoms with Crippen molar-refractivity contribution in [3.63, 3.8) is 0 Å². The molecule has 0 saturated heterocycles. The van der Waals surface area contributed by atoms with Crippen LogP contribution in [-0.2, 0) is 0 Å². The van der Waals surface area contributed by atoms with E-state index in [1.807, 2.05) is 25.7 Å².